The van der Waals surface area contributed by atoms with Crippen molar-refractivity contribution in [3.63, 3.8) is 0 Å². The largest absolute Gasteiger partial charge is 0.275 e. The Morgan fingerprint density at radius 2 is 1.95 bits per heavy atom. The van der Waals surface area contributed by atoms with Crippen molar-refractivity contribution in [3.05, 3.63) is 27.7 Å². The van der Waals surface area contributed by atoms with Gasteiger partial charge in [0, 0.05) is 21.5 Å². The molecule has 1 aliphatic heterocycles. The van der Waals surface area contributed by atoms with Crippen molar-refractivity contribution in [2.45, 2.75) is 27.7 Å². The van der Waals surface area contributed by atoms with Crippen LogP contribution >= 0.6 is 27.5 Å². The van der Waals surface area contributed by atoms with Crippen LogP contribution in [0.15, 0.2) is 32.8 Å². The Balaban J connectivity index is 2.26. The Kier molecular flexibility index (Phi) is 3.76. The van der Waals surface area contributed by atoms with Gasteiger partial charge < -0.3 is 0 Å². The lowest BCUT2D eigenvalue weighted by atomic mass is 9.70. The minimum absolute atomic E-state index is 0.00538. The van der Waals surface area contributed by atoms with Crippen molar-refractivity contribution in [3.8, 4) is 0 Å². The number of anilines is 1. The van der Waals surface area contributed by atoms with Gasteiger partial charge in [0.2, 0.25) is 0 Å². The number of rotatable bonds is 2. The summed E-state index contributed by atoms with van der Waals surface area (Å²) in [7, 11) is 0. The monoisotopic (exact) mass is 341 g/mol. The third kappa shape index (κ3) is 2.56. The van der Waals surface area contributed by atoms with E-state index < -0.39 is 0 Å². The third-order valence-electron chi connectivity index (χ3n) is 3.91. The van der Waals surface area contributed by atoms with Crippen LogP contribution in [-0.2, 0) is 0 Å². The van der Waals surface area contributed by atoms with Gasteiger partial charge in [-0.3, -0.25) is 5.43 Å². The van der Waals surface area contributed by atoms with Crippen LogP contribution in [0.2, 0.25) is 5.02 Å². The number of nitrogens with one attached hydrogen (secondary N) is 1. The molecule has 1 aliphatic rings. The van der Waals surface area contributed by atoms with E-state index in [1.807, 2.05) is 24.4 Å². The molecule has 0 saturated heterocycles. The summed E-state index contributed by atoms with van der Waals surface area (Å²) in [5.41, 5.74) is 3.65. The summed E-state index contributed by atoms with van der Waals surface area (Å²) in [6, 6.07) is 5.68. The Morgan fingerprint density at radius 3 is 2.53 bits per heavy atom. The molecule has 5 heteroatoms. The van der Waals surface area contributed by atoms with Crippen molar-refractivity contribution in [2.75, 3.05) is 5.43 Å². The first-order valence-corrected chi connectivity index (χ1v) is 7.26. The Labute approximate surface area is 127 Å². The second-order valence-electron chi connectivity index (χ2n) is 5.75. The molecule has 0 bridgehead atoms. The molecular formula is C14H17BrClN3. The molecule has 0 fully saturated rings. The highest BCUT2D eigenvalue weighted by Crippen LogP contribution is 2.42. The standard InChI is InChI=1S/C14H17BrClN3/c1-13(2)8-17-12(14(13,3)4)19-18-10-7-5-6-9(15)11(10)16/h5-8,18H,1-4H3/b19-12+. The molecule has 2 rings (SSSR count). The van der Waals surface area contributed by atoms with Crippen LogP contribution in [0.25, 0.3) is 0 Å². The van der Waals surface area contributed by atoms with Crippen LogP contribution in [0.4, 0.5) is 5.69 Å². The fourth-order valence-electron chi connectivity index (χ4n) is 1.71. The van der Waals surface area contributed by atoms with Crippen LogP contribution in [0.3, 0.4) is 0 Å². The van der Waals surface area contributed by atoms with Crippen LogP contribution < -0.4 is 5.43 Å². The summed E-state index contributed by atoms with van der Waals surface area (Å²) in [6.07, 6.45) is 1.95. The van der Waals surface area contributed by atoms with Gasteiger partial charge in [-0.05, 0) is 28.1 Å². The molecule has 0 aliphatic carbocycles. The lowest BCUT2D eigenvalue weighted by Crippen LogP contribution is -2.34. The van der Waals surface area contributed by atoms with E-state index in [9.17, 15) is 0 Å². The molecule has 1 aromatic carbocycles. The van der Waals surface area contributed by atoms with Gasteiger partial charge >= 0.3 is 0 Å². The zero-order valence-electron chi connectivity index (χ0n) is 11.5. The maximum atomic E-state index is 6.19. The highest BCUT2D eigenvalue weighted by atomic mass is 79.9. The molecule has 0 saturated carbocycles. The fourth-order valence-corrected chi connectivity index (χ4v) is 2.24. The van der Waals surface area contributed by atoms with Crippen molar-refractivity contribution >= 4 is 45.3 Å². The van der Waals surface area contributed by atoms with E-state index in [2.05, 4.69) is 59.1 Å². The smallest absolute Gasteiger partial charge is 0.154 e. The van der Waals surface area contributed by atoms with E-state index in [0.29, 0.717) is 5.02 Å². The van der Waals surface area contributed by atoms with Crippen LogP contribution in [-0.4, -0.2) is 12.1 Å². The summed E-state index contributed by atoms with van der Waals surface area (Å²) >= 11 is 9.58. The van der Waals surface area contributed by atoms with Crippen LogP contribution in [0, 0.1) is 10.8 Å². The molecule has 0 spiro atoms. The van der Waals surface area contributed by atoms with Gasteiger partial charge in [0.15, 0.2) is 5.84 Å². The van der Waals surface area contributed by atoms with E-state index in [-0.39, 0.29) is 10.8 Å². The molecule has 102 valence electrons. The highest BCUT2D eigenvalue weighted by Gasteiger charge is 2.44. The zero-order valence-corrected chi connectivity index (χ0v) is 13.8. The predicted molar refractivity (Wildman–Crippen MR) is 86.3 cm³/mol. The van der Waals surface area contributed by atoms with Crippen molar-refractivity contribution in [2.24, 2.45) is 20.9 Å². The number of amidine groups is 1. The molecular weight excluding hydrogens is 326 g/mol. The molecule has 19 heavy (non-hydrogen) atoms. The average Bonchev–Trinajstić information content (AvgIpc) is 2.52. The molecule has 1 heterocycles. The first-order valence-electron chi connectivity index (χ1n) is 6.09. The van der Waals surface area contributed by atoms with E-state index in [0.717, 1.165) is 16.0 Å². The molecule has 0 aromatic heterocycles. The first-order chi connectivity index (χ1) is 8.75. The van der Waals surface area contributed by atoms with Gasteiger partial charge in [-0.25, -0.2) is 4.99 Å². The number of aliphatic imine (C=N–C) groups is 1. The Morgan fingerprint density at radius 1 is 1.26 bits per heavy atom. The van der Waals surface area contributed by atoms with Gasteiger partial charge in [0.1, 0.15) is 0 Å². The first kappa shape index (κ1) is 14.5. The maximum absolute atomic E-state index is 6.19. The number of hydrogen-bond donors (Lipinski definition) is 1. The third-order valence-corrected chi connectivity index (χ3v) is 5.21. The predicted octanol–water partition coefficient (Wildman–Crippen LogP) is 4.96. The number of hydrazone groups is 1. The summed E-state index contributed by atoms with van der Waals surface area (Å²) in [6.45, 7) is 8.60. The van der Waals surface area contributed by atoms with Crippen molar-refractivity contribution in [1.29, 1.82) is 0 Å². The normalized spacial score (nSPS) is 21.9. The second-order valence-corrected chi connectivity index (χ2v) is 6.99. The van der Waals surface area contributed by atoms with Gasteiger partial charge in [0.05, 0.1) is 10.7 Å². The Hall–Kier alpha value is -0.870. The minimum atomic E-state index is -0.113. The van der Waals surface area contributed by atoms with Gasteiger partial charge in [-0.15, -0.1) is 0 Å². The molecule has 3 nitrogen and oxygen atoms in total. The molecule has 1 N–H and O–H groups in total. The molecule has 0 radical (unpaired) electrons. The number of benzene rings is 1. The van der Waals surface area contributed by atoms with Crippen LogP contribution in [0.1, 0.15) is 27.7 Å². The zero-order chi connectivity index (χ0) is 14.3. The summed E-state index contributed by atoms with van der Waals surface area (Å²) in [5.74, 6) is 0.786. The number of nitrogens with zero attached hydrogens (tertiary/aromatic N) is 2. The van der Waals surface area contributed by atoms with E-state index in [4.69, 9.17) is 11.6 Å². The molecule has 0 atom stereocenters. The lowest BCUT2D eigenvalue weighted by Gasteiger charge is -2.32. The van der Waals surface area contributed by atoms with Gasteiger partial charge in [-0.2, -0.15) is 5.10 Å². The average molecular weight is 343 g/mol. The van der Waals surface area contributed by atoms with E-state index in [1.54, 1.807) is 0 Å². The number of halogens is 2. The fraction of sp³-hybridized carbons (Fsp3) is 0.429. The lowest BCUT2D eigenvalue weighted by molar-refractivity contribution is 0.304. The maximum Gasteiger partial charge on any atom is 0.154 e. The summed E-state index contributed by atoms with van der Waals surface area (Å²) in [4.78, 5) is 4.42. The topological polar surface area (TPSA) is 36.8 Å². The Bertz CT molecular complexity index is 562. The minimum Gasteiger partial charge on any atom is -0.275 e. The highest BCUT2D eigenvalue weighted by molar-refractivity contribution is 9.10. The number of hydrogen-bond acceptors (Lipinski definition) is 2. The van der Waals surface area contributed by atoms with Gasteiger partial charge in [0.25, 0.3) is 0 Å². The van der Waals surface area contributed by atoms with Gasteiger partial charge in [-0.1, -0.05) is 45.4 Å². The van der Waals surface area contributed by atoms with Crippen molar-refractivity contribution < 1.29 is 0 Å². The van der Waals surface area contributed by atoms with E-state index >= 15 is 0 Å². The summed E-state index contributed by atoms with van der Waals surface area (Å²) < 4.78 is 0.842. The summed E-state index contributed by atoms with van der Waals surface area (Å²) in [5, 5.41) is 5.02. The quantitative estimate of drug-likeness (QED) is 0.757. The molecule has 1 aromatic rings. The molecule has 0 amide bonds. The second kappa shape index (κ2) is 4.91. The molecule has 0 unspecified atom stereocenters. The van der Waals surface area contributed by atoms with Crippen molar-refractivity contribution in [1.82, 2.24) is 0 Å². The van der Waals surface area contributed by atoms with E-state index in [1.165, 1.54) is 0 Å². The van der Waals surface area contributed by atoms with Crippen LogP contribution in [0.5, 0.6) is 0 Å². The SMILES string of the molecule is CC1(C)C=N/C(=N/Nc2cccc(Br)c2Cl)C1(C)C.